The maximum absolute atomic E-state index is 13.3. The van der Waals surface area contributed by atoms with Crippen LogP contribution in [0.3, 0.4) is 0 Å². The van der Waals surface area contributed by atoms with Crippen LogP contribution >= 0.6 is 0 Å². The van der Waals surface area contributed by atoms with E-state index in [1.807, 2.05) is 90.1 Å². The SMILES string of the molecule is CC1(C)[C@@]2(C(=O)Nc3ccc(Cc4ccc(NC(=O)[C@@]56CC[C@@](C)(C(=O)O5)C6(C)C)cc4)cc3)CC[C@]1(C)C(=O)O2. The summed E-state index contributed by atoms with van der Waals surface area (Å²) in [6.45, 7) is 11.6. The molecule has 6 rings (SSSR count). The molecule has 216 valence electrons. The number of rotatable bonds is 6. The van der Waals surface area contributed by atoms with Crippen LogP contribution in [-0.4, -0.2) is 35.0 Å². The molecule has 41 heavy (non-hydrogen) atoms. The number of hydrogen-bond acceptors (Lipinski definition) is 6. The van der Waals surface area contributed by atoms with Gasteiger partial charge in [-0.15, -0.1) is 0 Å². The zero-order valence-corrected chi connectivity index (χ0v) is 24.6. The smallest absolute Gasteiger partial charge is 0.313 e. The van der Waals surface area contributed by atoms with Crippen LogP contribution in [0.2, 0.25) is 0 Å². The highest BCUT2D eigenvalue weighted by Gasteiger charge is 2.76. The lowest BCUT2D eigenvalue weighted by Gasteiger charge is -2.35. The maximum atomic E-state index is 13.3. The first kappa shape index (κ1) is 27.5. The van der Waals surface area contributed by atoms with Gasteiger partial charge in [0, 0.05) is 22.2 Å². The number of nitrogens with one attached hydrogen (secondary N) is 2. The zero-order chi connectivity index (χ0) is 29.6. The summed E-state index contributed by atoms with van der Waals surface area (Å²) >= 11 is 0. The second kappa shape index (κ2) is 8.43. The number of carbonyl (C=O) groups excluding carboxylic acids is 4. The Morgan fingerprint density at radius 1 is 0.610 bits per heavy atom. The van der Waals surface area contributed by atoms with Gasteiger partial charge in [-0.05, 0) is 81.3 Å². The van der Waals surface area contributed by atoms with E-state index in [9.17, 15) is 19.2 Å². The number of fused-ring (bicyclic) bond motifs is 4. The molecule has 2 aliphatic heterocycles. The fraction of sp³-hybridized carbons (Fsp3) is 0.515. The lowest BCUT2D eigenvalue weighted by molar-refractivity contribution is -0.166. The summed E-state index contributed by atoms with van der Waals surface area (Å²) in [5, 5.41) is 5.94. The van der Waals surface area contributed by atoms with Crippen LogP contribution in [0.1, 0.15) is 78.4 Å². The van der Waals surface area contributed by atoms with Crippen LogP contribution in [0.25, 0.3) is 0 Å². The van der Waals surface area contributed by atoms with Gasteiger partial charge < -0.3 is 20.1 Å². The van der Waals surface area contributed by atoms with E-state index in [-0.39, 0.29) is 23.8 Å². The van der Waals surface area contributed by atoms with Gasteiger partial charge in [0.1, 0.15) is 0 Å². The molecule has 2 N–H and O–H groups in total. The van der Waals surface area contributed by atoms with E-state index in [0.717, 1.165) is 11.1 Å². The molecule has 0 unspecified atom stereocenters. The Morgan fingerprint density at radius 3 is 1.22 bits per heavy atom. The summed E-state index contributed by atoms with van der Waals surface area (Å²) in [5.74, 6) is -1.14. The molecule has 4 aliphatic rings. The van der Waals surface area contributed by atoms with Crippen LogP contribution in [0.4, 0.5) is 11.4 Å². The van der Waals surface area contributed by atoms with Crippen molar-refractivity contribution in [3.8, 4) is 0 Å². The minimum Gasteiger partial charge on any atom is -0.448 e. The van der Waals surface area contributed by atoms with Gasteiger partial charge in [0.25, 0.3) is 11.8 Å². The number of amides is 2. The fourth-order valence-electron chi connectivity index (χ4n) is 7.61. The molecule has 2 aromatic rings. The van der Waals surface area contributed by atoms with Crippen molar-refractivity contribution in [2.45, 2.75) is 84.8 Å². The minimum absolute atomic E-state index is 0.278. The van der Waals surface area contributed by atoms with E-state index in [0.29, 0.717) is 43.5 Å². The molecule has 0 spiro atoms. The largest absolute Gasteiger partial charge is 0.448 e. The summed E-state index contributed by atoms with van der Waals surface area (Å²) in [7, 11) is 0. The van der Waals surface area contributed by atoms with Crippen molar-refractivity contribution in [2.75, 3.05) is 10.6 Å². The quantitative estimate of drug-likeness (QED) is 0.460. The molecule has 4 bridgehead atoms. The third kappa shape index (κ3) is 3.39. The van der Waals surface area contributed by atoms with Crippen molar-refractivity contribution in [1.82, 2.24) is 0 Å². The minimum atomic E-state index is -1.15. The molecule has 8 nitrogen and oxygen atoms in total. The average molecular weight is 559 g/mol. The van der Waals surface area contributed by atoms with Crippen LogP contribution < -0.4 is 10.6 Å². The molecular formula is C33H38N2O6. The summed E-state index contributed by atoms with van der Waals surface area (Å²) in [6.07, 6.45) is 2.99. The topological polar surface area (TPSA) is 111 Å². The predicted octanol–water partition coefficient (Wildman–Crippen LogP) is 5.40. The number of carbonyl (C=O) groups is 4. The van der Waals surface area contributed by atoms with E-state index in [2.05, 4.69) is 10.6 Å². The molecule has 2 saturated heterocycles. The van der Waals surface area contributed by atoms with Crippen molar-refractivity contribution in [1.29, 1.82) is 0 Å². The number of hydrogen-bond donors (Lipinski definition) is 2. The first-order valence-corrected chi connectivity index (χ1v) is 14.4. The fourth-order valence-corrected chi connectivity index (χ4v) is 7.61. The molecule has 8 heteroatoms. The molecule has 0 radical (unpaired) electrons. The van der Waals surface area contributed by atoms with Crippen molar-refractivity contribution in [3.05, 3.63) is 59.7 Å². The Balaban J connectivity index is 1.08. The van der Waals surface area contributed by atoms with Gasteiger partial charge in [-0.2, -0.15) is 0 Å². The molecular weight excluding hydrogens is 520 g/mol. The van der Waals surface area contributed by atoms with Gasteiger partial charge in [-0.25, -0.2) is 0 Å². The molecule has 4 fully saturated rings. The number of anilines is 2. The van der Waals surface area contributed by atoms with Gasteiger partial charge in [0.2, 0.25) is 0 Å². The molecule has 2 aromatic carbocycles. The normalized spacial score (nSPS) is 33.8. The standard InChI is InChI=1S/C33H38N2O6/c1-28(2)30(5)15-17-32(28,40-26(30)38)24(36)34-22-11-7-20(8-12-22)19-21-9-13-23(14-10-21)35-25(37)33-18-16-31(6,27(39)41-33)29(33,3)4/h7-14H,15-19H2,1-6H3,(H,34,36)(H,35,37)/t30-,31+,32+,33-. The van der Waals surface area contributed by atoms with Crippen molar-refractivity contribution < 1.29 is 28.7 Å². The summed E-state index contributed by atoms with van der Waals surface area (Å²) < 4.78 is 11.4. The third-order valence-corrected chi connectivity index (χ3v) is 11.7. The second-order valence-electron chi connectivity index (χ2n) is 13.8. The highest BCUT2D eigenvalue weighted by molar-refractivity contribution is 6.04. The number of ether oxygens (including phenoxy) is 2. The summed E-state index contributed by atoms with van der Waals surface area (Å²) in [6, 6.07) is 15.3. The summed E-state index contributed by atoms with van der Waals surface area (Å²) in [5.41, 5.74) is -1.38. The second-order valence-corrected chi connectivity index (χ2v) is 13.8. The lowest BCUT2D eigenvalue weighted by atomic mass is 9.66. The molecule has 4 atom stereocenters. The van der Waals surface area contributed by atoms with Crippen molar-refractivity contribution in [3.63, 3.8) is 0 Å². The van der Waals surface area contributed by atoms with E-state index in [1.54, 1.807) is 0 Å². The number of benzene rings is 2. The lowest BCUT2D eigenvalue weighted by Crippen LogP contribution is -2.50. The predicted molar refractivity (Wildman–Crippen MR) is 153 cm³/mol. The molecule has 2 heterocycles. The Morgan fingerprint density at radius 2 is 0.951 bits per heavy atom. The van der Waals surface area contributed by atoms with Crippen LogP contribution in [-0.2, 0) is 35.1 Å². The van der Waals surface area contributed by atoms with Crippen LogP contribution in [0.15, 0.2) is 48.5 Å². The Labute approximate surface area is 240 Å². The molecule has 0 aromatic heterocycles. The Bertz CT molecular complexity index is 1370. The Hall–Kier alpha value is -3.68. The van der Waals surface area contributed by atoms with Crippen LogP contribution in [0, 0.1) is 21.7 Å². The van der Waals surface area contributed by atoms with E-state index >= 15 is 0 Å². The van der Waals surface area contributed by atoms with Gasteiger partial charge >= 0.3 is 11.9 Å². The number of esters is 2. The van der Waals surface area contributed by atoms with Crippen molar-refractivity contribution >= 4 is 35.1 Å². The summed E-state index contributed by atoms with van der Waals surface area (Å²) in [4.78, 5) is 51.7. The van der Waals surface area contributed by atoms with E-state index in [4.69, 9.17) is 9.47 Å². The van der Waals surface area contributed by atoms with Gasteiger partial charge in [-0.3, -0.25) is 19.2 Å². The highest BCUT2D eigenvalue weighted by Crippen LogP contribution is 2.66. The Kier molecular flexibility index (Phi) is 5.65. The van der Waals surface area contributed by atoms with Gasteiger partial charge in [0.15, 0.2) is 11.2 Å². The molecule has 2 saturated carbocycles. The van der Waals surface area contributed by atoms with E-state index < -0.39 is 32.9 Å². The first-order chi connectivity index (χ1) is 19.1. The van der Waals surface area contributed by atoms with E-state index in [1.165, 1.54) is 0 Å². The van der Waals surface area contributed by atoms with Crippen molar-refractivity contribution in [2.24, 2.45) is 21.7 Å². The zero-order valence-electron chi connectivity index (χ0n) is 24.6. The first-order valence-electron chi connectivity index (χ1n) is 14.4. The third-order valence-electron chi connectivity index (χ3n) is 11.7. The monoisotopic (exact) mass is 558 g/mol. The maximum Gasteiger partial charge on any atom is 0.313 e. The molecule has 2 aliphatic carbocycles. The van der Waals surface area contributed by atoms with Gasteiger partial charge in [0.05, 0.1) is 10.8 Å². The van der Waals surface area contributed by atoms with Gasteiger partial charge in [-0.1, -0.05) is 52.0 Å². The average Bonchev–Trinajstić information content (AvgIpc) is 3.39. The highest BCUT2D eigenvalue weighted by atomic mass is 16.6. The van der Waals surface area contributed by atoms with Crippen LogP contribution in [0.5, 0.6) is 0 Å². The molecule has 2 amide bonds.